The van der Waals surface area contributed by atoms with Crippen LogP contribution in [0.25, 0.3) is 0 Å². The van der Waals surface area contributed by atoms with E-state index in [0.29, 0.717) is 0 Å². The molecule has 0 rings (SSSR count). The smallest absolute Gasteiger partial charge is 0.390 e. The van der Waals surface area contributed by atoms with Crippen LogP contribution in [0.2, 0.25) is 0 Å². The van der Waals surface area contributed by atoms with Crippen molar-refractivity contribution in [1.29, 1.82) is 0 Å². The zero-order chi connectivity index (χ0) is 9.07. The largest absolute Gasteiger partial charge is 0.392 e. The van der Waals surface area contributed by atoms with Crippen LogP contribution in [0.4, 0.5) is 13.2 Å². The number of aliphatic hydroxyl groups excluding tert-OH is 1. The van der Waals surface area contributed by atoms with Crippen molar-refractivity contribution in [2.45, 2.75) is 38.1 Å². The lowest BCUT2D eigenvalue weighted by molar-refractivity contribution is -0.143. The van der Waals surface area contributed by atoms with Gasteiger partial charge in [0.15, 0.2) is 0 Å². The molecule has 0 saturated carbocycles. The van der Waals surface area contributed by atoms with Crippen molar-refractivity contribution in [2.24, 2.45) is 5.73 Å². The van der Waals surface area contributed by atoms with Crippen LogP contribution in [-0.4, -0.2) is 23.4 Å². The maximum Gasteiger partial charge on any atom is 0.390 e. The number of rotatable bonds is 3. The SMILES string of the molecule is CCC(O)C(N)CC(F)(F)F. The highest BCUT2D eigenvalue weighted by Crippen LogP contribution is 2.22. The molecule has 0 aliphatic rings. The van der Waals surface area contributed by atoms with Gasteiger partial charge in [0.1, 0.15) is 0 Å². The molecule has 0 spiro atoms. The van der Waals surface area contributed by atoms with Crippen LogP contribution in [0.1, 0.15) is 19.8 Å². The van der Waals surface area contributed by atoms with Gasteiger partial charge in [-0.05, 0) is 6.42 Å². The number of hydrogen-bond acceptors (Lipinski definition) is 2. The Hall–Kier alpha value is -0.290. The predicted octanol–water partition coefficient (Wildman–Crippen LogP) is 1.04. The molecule has 2 atom stereocenters. The fourth-order valence-electron chi connectivity index (χ4n) is 0.706. The van der Waals surface area contributed by atoms with Gasteiger partial charge in [-0.1, -0.05) is 6.92 Å². The van der Waals surface area contributed by atoms with Crippen LogP contribution < -0.4 is 5.73 Å². The number of nitrogens with two attached hydrogens (primary N) is 1. The molecule has 68 valence electrons. The molecular formula is C6H12F3NO. The minimum absolute atomic E-state index is 0.247. The molecule has 0 amide bonds. The average Bonchev–Trinajstić information content (AvgIpc) is 1.82. The van der Waals surface area contributed by atoms with Crippen LogP contribution >= 0.6 is 0 Å². The Balaban J connectivity index is 3.77. The zero-order valence-electron chi connectivity index (χ0n) is 6.23. The minimum Gasteiger partial charge on any atom is -0.392 e. The van der Waals surface area contributed by atoms with Crippen LogP contribution in [0.5, 0.6) is 0 Å². The fraction of sp³-hybridized carbons (Fsp3) is 1.00. The third-order valence-corrected chi connectivity index (χ3v) is 1.38. The third-order valence-electron chi connectivity index (χ3n) is 1.38. The van der Waals surface area contributed by atoms with E-state index < -0.39 is 24.7 Å². The highest BCUT2D eigenvalue weighted by Gasteiger charge is 2.32. The summed E-state index contributed by atoms with van der Waals surface area (Å²) in [6.07, 6.45) is -6.22. The summed E-state index contributed by atoms with van der Waals surface area (Å²) in [6.45, 7) is 1.58. The molecule has 0 saturated heterocycles. The third kappa shape index (κ3) is 5.03. The molecule has 0 aliphatic heterocycles. The molecule has 0 fully saturated rings. The van der Waals surface area contributed by atoms with E-state index in [-0.39, 0.29) is 6.42 Å². The highest BCUT2D eigenvalue weighted by atomic mass is 19.4. The van der Waals surface area contributed by atoms with E-state index in [4.69, 9.17) is 10.8 Å². The first kappa shape index (κ1) is 10.7. The van der Waals surface area contributed by atoms with Crippen molar-refractivity contribution in [3.63, 3.8) is 0 Å². The summed E-state index contributed by atoms with van der Waals surface area (Å²) >= 11 is 0. The Morgan fingerprint density at radius 2 is 1.91 bits per heavy atom. The summed E-state index contributed by atoms with van der Waals surface area (Å²) in [6, 6.07) is -1.19. The number of alkyl halides is 3. The molecule has 5 heteroatoms. The first-order valence-corrected chi connectivity index (χ1v) is 3.37. The maximum atomic E-state index is 11.6. The summed E-state index contributed by atoms with van der Waals surface area (Å²) in [5.41, 5.74) is 5.04. The van der Waals surface area contributed by atoms with E-state index in [9.17, 15) is 13.2 Å². The second-order valence-electron chi connectivity index (χ2n) is 2.46. The monoisotopic (exact) mass is 171 g/mol. The van der Waals surface area contributed by atoms with Crippen molar-refractivity contribution in [1.82, 2.24) is 0 Å². The number of hydrogen-bond donors (Lipinski definition) is 2. The lowest BCUT2D eigenvalue weighted by atomic mass is 10.1. The topological polar surface area (TPSA) is 46.2 Å². The molecule has 11 heavy (non-hydrogen) atoms. The first-order valence-electron chi connectivity index (χ1n) is 3.37. The van der Waals surface area contributed by atoms with Gasteiger partial charge in [0, 0.05) is 6.04 Å². The number of halogens is 3. The Labute approximate surface area is 63.2 Å². The Morgan fingerprint density at radius 1 is 1.45 bits per heavy atom. The van der Waals surface area contributed by atoms with E-state index in [1.54, 1.807) is 6.92 Å². The highest BCUT2D eigenvalue weighted by molar-refractivity contribution is 4.73. The maximum absolute atomic E-state index is 11.6. The normalized spacial score (nSPS) is 18.0. The van der Waals surface area contributed by atoms with Gasteiger partial charge in [0.25, 0.3) is 0 Å². The standard InChI is InChI=1S/C6H12F3NO/c1-2-5(11)4(10)3-6(7,8)9/h4-5,11H,2-3,10H2,1H3. The molecule has 2 nitrogen and oxygen atoms in total. The van der Waals surface area contributed by atoms with E-state index >= 15 is 0 Å². The summed E-state index contributed by atoms with van der Waals surface area (Å²) in [7, 11) is 0. The van der Waals surface area contributed by atoms with Gasteiger partial charge in [0.05, 0.1) is 12.5 Å². The van der Waals surface area contributed by atoms with Crippen molar-refractivity contribution in [3.8, 4) is 0 Å². The van der Waals surface area contributed by atoms with Gasteiger partial charge in [-0.15, -0.1) is 0 Å². The van der Waals surface area contributed by atoms with Crippen LogP contribution in [0.15, 0.2) is 0 Å². The Bertz CT molecular complexity index is 115. The van der Waals surface area contributed by atoms with Crippen molar-refractivity contribution in [2.75, 3.05) is 0 Å². The van der Waals surface area contributed by atoms with Crippen LogP contribution in [0, 0.1) is 0 Å². The van der Waals surface area contributed by atoms with Gasteiger partial charge < -0.3 is 10.8 Å². The fourth-order valence-corrected chi connectivity index (χ4v) is 0.706. The molecule has 3 N–H and O–H groups in total. The van der Waals surface area contributed by atoms with Crippen molar-refractivity contribution < 1.29 is 18.3 Å². The second-order valence-corrected chi connectivity index (χ2v) is 2.46. The minimum atomic E-state index is -4.28. The lowest BCUT2D eigenvalue weighted by Crippen LogP contribution is -2.38. The Morgan fingerprint density at radius 3 is 2.18 bits per heavy atom. The van der Waals surface area contributed by atoms with Gasteiger partial charge in [-0.2, -0.15) is 13.2 Å². The van der Waals surface area contributed by atoms with Gasteiger partial charge in [0.2, 0.25) is 0 Å². The Kier molecular flexibility index (Phi) is 3.82. The molecule has 0 heterocycles. The molecule has 0 aliphatic carbocycles. The van der Waals surface area contributed by atoms with E-state index in [2.05, 4.69) is 0 Å². The second kappa shape index (κ2) is 3.92. The van der Waals surface area contributed by atoms with Crippen LogP contribution in [0.3, 0.4) is 0 Å². The molecule has 0 radical (unpaired) electrons. The van der Waals surface area contributed by atoms with E-state index in [0.717, 1.165) is 0 Å². The van der Waals surface area contributed by atoms with E-state index in [1.807, 2.05) is 0 Å². The molecular weight excluding hydrogens is 159 g/mol. The van der Waals surface area contributed by atoms with Gasteiger partial charge >= 0.3 is 6.18 Å². The molecule has 2 unspecified atom stereocenters. The molecule has 0 aromatic carbocycles. The summed E-state index contributed by atoms with van der Waals surface area (Å²) in [5, 5.41) is 8.86. The van der Waals surface area contributed by atoms with Crippen molar-refractivity contribution >= 4 is 0 Å². The average molecular weight is 171 g/mol. The quantitative estimate of drug-likeness (QED) is 0.666. The summed E-state index contributed by atoms with van der Waals surface area (Å²) in [5.74, 6) is 0. The van der Waals surface area contributed by atoms with Crippen LogP contribution in [-0.2, 0) is 0 Å². The summed E-state index contributed by atoms with van der Waals surface area (Å²) in [4.78, 5) is 0. The zero-order valence-corrected chi connectivity index (χ0v) is 6.23. The predicted molar refractivity (Wildman–Crippen MR) is 34.9 cm³/mol. The number of aliphatic hydroxyl groups is 1. The van der Waals surface area contributed by atoms with E-state index in [1.165, 1.54) is 0 Å². The van der Waals surface area contributed by atoms with Crippen molar-refractivity contribution in [3.05, 3.63) is 0 Å². The lowest BCUT2D eigenvalue weighted by Gasteiger charge is -2.18. The molecule has 0 aromatic rings. The molecule has 0 aromatic heterocycles. The summed E-state index contributed by atoms with van der Waals surface area (Å²) < 4.78 is 34.8. The van der Waals surface area contributed by atoms with Gasteiger partial charge in [-0.3, -0.25) is 0 Å². The van der Waals surface area contributed by atoms with Gasteiger partial charge in [-0.25, -0.2) is 0 Å². The first-order chi connectivity index (χ1) is 4.87. The molecule has 0 bridgehead atoms.